The Morgan fingerprint density at radius 2 is 1.85 bits per heavy atom. The number of carbonyl (C=O) groups is 1. The molecule has 1 amide bonds. The predicted octanol–water partition coefficient (Wildman–Crippen LogP) is 2.87. The van der Waals surface area contributed by atoms with Gasteiger partial charge in [0.1, 0.15) is 5.82 Å². The van der Waals surface area contributed by atoms with Gasteiger partial charge in [0.25, 0.3) is 0 Å². The smallest absolute Gasteiger partial charge is 0.228 e. The highest BCUT2D eigenvalue weighted by Crippen LogP contribution is 2.18. The largest absolute Gasteiger partial charge is 0.399 e. The number of nitrogens with two attached hydrogens (primary N) is 1. The monoisotopic (exact) mass is 280 g/mol. The molecule has 0 fully saturated rings. The van der Waals surface area contributed by atoms with Gasteiger partial charge in [-0.2, -0.15) is 0 Å². The van der Waals surface area contributed by atoms with Gasteiger partial charge in [-0.05, 0) is 24.3 Å². The van der Waals surface area contributed by atoms with E-state index < -0.39 is 29.8 Å². The number of halogens is 3. The molecule has 0 aromatic heterocycles. The molecule has 3 N–H and O–H groups in total. The van der Waals surface area contributed by atoms with E-state index in [-0.39, 0.29) is 16.9 Å². The fourth-order valence-corrected chi connectivity index (χ4v) is 1.69. The Labute approximate surface area is 113 Å². The fraction of sp³-hybridized carbons (Fsp3) is 0.0714. The summed E-state index contributed by atoms with van der Waals surface area (Å²) in [5.74, 6) is -3.47. The lowest BCUT2D eigenvalue weighted by molar-refractivity contribution is -0.115. The van der Waals surface area contributed by atoms with Crippen molar-refractivity contribution in [2.24, 2.45) is 0 Å². The van der Waals surface area contributed by atoms with Crippen LogP contribution in [0.25, 0.3) is 0 Å². The number of rotatable bonds is 3. The highest BCUT2D eigenvalue weighted by Gasteiger charge is 2.13. The van der Waals surface area contributed by atoms with Crippen LogP contribution in [0.5, 0.6) is 0 Å². The maximum Gasteiger partial charge on any atom is 0.228 e. The van der Waals surface area contributed by atoms with Crippen molar-refractivity contribution in [3.8, 4) is 0 Å². The maximum atomic E-state index is 13.5. The Hall–Kier alpha value is -2.50. The average molecular weight is 280 g/mol. The number of hydrogen-bond donors (Lipinski definition) is 2. The number of benzene rings is 2. The van der Waals surface area contributed by atoms with Crippen LogP contribution in [0.3, 0.4) is 0 Å². The third-order valence-corrected chi connectivity index (χ3v) is 2.65. The number of anilines is 2. The minimum Gasteiger partial charge on any atom is -0.399 e. The first-order chi connectivity index (χ1) is 9.47. The number of nitrogens with one attached hydrogen (secondary N) is 1. The molecule has 3 nitrogen and oxygen atoms in total. The zero-order valence-electron chi connectivity index (χ0n) is 10.3. The Balaban J connectivity index is 2.11. The Kier molecular flexibility index (Phi) is 3.93. The van der Waals surface area contributed by atoms with Crippen LogP contribution in [0.15, 0.2) is 36.4 Å². The summed E-state index contributed by atoms with van der Waals surface area (Å²) >= 11 is 0. The van der Waals surface area contributed by atoms with E-state index in [0.29, 0.717) is 0 Å². The fourth-order valence-electron chi connectivity index (χ4n) is 1.69. The normalized spacial score (nSPS) is 10.3. The zero-order valence-corrected chi connectivity index (χ0v) is 10.3. The van der Waals surface area contributed by atoms with E-state index in [9.17, 15) is 18.0 Å². The van der Waals surface area contributed by atoms with E-state index in [1.165, 1.54) is 24.3 Å². The molecule has 2 aromatic rings. The summed E-state index contributed by atoms with van der Waals surface area (Å²) in [7, 11) is 0. The molecule has 0 saturated carbocycles. The summed E-state index contributed by atoms with van der Waals surface area (Å²) in [5.41, 5.74) is 5.43. The van der Waals surface area contributed by atoms with Gasteiger partial charge < -0.3 is 11.1 Å². The van der Waals surface area contributed by atoms with Crippen LogP contribution in [-0.4, -0.2) is 5.91 Å². The molecule has 0 aliphatic carbocycles. The molecule has 0 saturated heterocycles. The molecule has 0 unspecified atom stereocenters. The van der Waals surface area contributed by atoms with Crippen LogP contribution in [-0.2, 0) is 11.2 Å². The lowest BCUT2D eigenvalue weighted by Gasteiger charge is -2.08. The highest BCUT2D eigenvalue weighted by atomic mass is 19.2. The molecule has 0 spiro atoms. The van der Waals surface area contributed by atoms with E-state index in [0.717, 1.165) is 12.1 Å². The van der Waals surface area contributed by atoms with Crippen molar-refractivity contribution in [2.45, 2.75) is 6.42 Å². The minimum atomic E-state index is -1.08. The van der Waals surface area contributed by atoms with Crippen LogP contribution >= 0.6 is 0 Å². The molecule has 2 rings (SSSR count). The Morgan fingerprint density at radius 3 is 2.55 bits per heavy atom. The maximum absolute atomic E-state index is 13.5. The molecule has 0 aliphatic rings. The lowest BCUT2D eigenvalue weighted by Crippen LogP contribution is -2.16. The molecule has 0 radical (unpaired) electrons. The first kappa shape index (κ1) is 13.9. The van der Waals surface area contributed by atoms with Crippen LogP contribution in [0.4, 0.5) is 24.5 Å². The molecule has 0 atom stereocenters. The third-order valence-electron chi connectivity index (χ3n) is 2.65. The van der Waals surface area contributed by atoms with Gasteiger partial charge in [0.2, 0.25) is 5.91 Å². The molecule has 2 aromatic carbocycles. The first-order valence-corrected chi connectivity index (χ1v) is 5.75. The number of hydrogen-bond acceptors (Lipinski definition) is 2. The van der Waals surface area contributed by atoms with Crippen molar-refractivity contribution in [3.05, 3.63) is 59.4 Å². The topological polar surface area (TPSA) is 55.1 Å². The molecule has 0 bridgehead atoms. The summed E-state index contributed by atoms with van der Waals surface area (Å²) < 4.78 is 39.8. The van der Waals surface area contributed by atoms with E-state index in [1.807, 2.05) is 0 Å². The van der Waals surface area contributed by atoms with Crippen molar-refractivity contribution in [2.75, 3.05) is 11.1 Å². The molecule has 0 aliphatic heterocycles. The zero-order chi connectivity index (χ0) is 14.7. The first-order valence-electron chi connectivity index (χ1n) is 5.75. The second kappa shape index (κ2) is 5.64. The van der Waals surface area contributed by atoms with Gasteiger partial charge in [-0.3, -0.25) is 4.79 Å². The van der Waals surface area contributed by atoms with E-state index >= 15 is 0 Å². The second-order valence-corrected chi connectivity index (χ2v) is 4.18. The van der Waals surface area contributed by atoms with Crippen LogP contribution in [0.2, 0.25) is 0 Å². The highest BCUT2D eigenvalue weighted by molar-refractivity contribution is 5.92. The van der Waals surface area contributed by atoms with Gasteiger partial charge in [0, 0.05) is 11.3 Å². The van der Waals surface area contributed by atoms with Crippen LogP contribution in [0, 0.1) is 17.5 Å². The second-order valence-electron chi connectivity index (χ2n) is 4.18. The third kappa shape index (κ3) is 3.09. The van der Waals surface area contributed by atoms with Crippen molar-refractivity contribution in [1.82, 2.24) is 0 Å². The van der Waals surface area contributed by atoms with Gasteiger partial charge in [0.05, 0.1) is 12.1 Å². The molecular formula is C14H11F3N2O. The number of nitrogen functional groups attached to an aromatic ring is 1. The molecule has 6 heteroatoms. The summed E-state index contributed by atoms with van der Waals surface area (Å²) in [4.78, 5) is 11.7. The molecule has 20 heavy (non-hydrogen) atoms. The summed E-state index contributed by atoms with van der Waals surface area (Å²) in [6, 6.07) is 7.31. The SMILES string of the molecule is Nc1ccc(NC(=O)Cc2cccc(F)c2F)c(F)c1. The summed E-state index contributed by atoms with van der Waals surface area (Å²) in [6.45, 7) is 0. The number of amides is 1. The van der Waals surface area contributed by atoms with Gasteiger partial charge in [0.15, 0.2) is 11.6 Å². The van der Waals surface area contributed by atoms with E-state index in [4.69, 9.17) is 5.73 Å². The molecular weight excluding hydrogens is 269 g/mol. The van der Waals surface area contributed by atoms with Crippen LogP contribution in [0.1, 0.15) is 5.56 Å². The quantitative estimate of drug-likeness (QED) is 0.849. The Bertz CT molecular complexity index is 659. The lowest BCUT2D eigenvalue weighted by atomic mass is 10.1. The van der Waals surface area contributed by atoms with Gasteiger partial charge >= 0.3 is 0 Å². The van der Waals surface area contributed by atoms with Gasteiger partial charge in [-0.25, -0.2) is 13.2 Å². The predicted molar refractivity (Wildman–Crippen MR) is 69.5 cm³/mol. The van der Waals surface area contributed by atoms with E-state index in [1.54, 1.807) is 0 Å². The van der Waals surface area contributed by atoms with Gasteiger partial charge in [-0.15, -0.1) is 0 Å². The molecule has 104 valence electrons. The average Bonchev–Trinajstić information content (AvgIpc) is 2.38. The van der Waals surface area contributed by atoms with Crippen LogP contribution < -0.4 is 11.1 Å². The van der Waals surface area contributed by atoms with Crippen molar-refractivity contribution >= 4 is 17.3 Å². The van der Waals surface area contributed by atoms with E-state index in [2.05, 4.69) is 5.32 Å². The molecule has 0 heterocycles. The standard InChI is InChI=1S/C14H11F3N2O/c15-10-3-1-2-8(14(10)17)6-13(20)19-12-5-4-9(18)7-11(12)16/h1-5,7H,6,18H2,(H,19,20). The van der Waals surface area contributed by atoms with Crippen molar-refractivity contribution in [1.29, 1.82) is 0 Å². The summed E-state index contributed by atoms with van der Waals surface area (Å²) in [5, 5.41) is 2.27. The van der Waals surface area contributed by atoms with Crippen molar-refractivity contribution in [3.63, 3.8) is 0 Å². The summed E-state index contributed by atoms with van der Waals surface area (Å²) in [6.07, 6.45) is -0.395. The van der Waals surface area contributed by atoms with Gasteiger partial charge in [-0.1, -0.05) is 12.1 Å². The minimum absolute atomic E-state index is 0.0685. The Morgan fingerprint density at radius 1 is 1.10 bits per heavy atom. The van der Waals surface area contributed by atoms with Crippen molar-refractivity contribution < 1.29 is 18.0 Å². The number of carbonyl (C=O) groups excluding carboxylic acids is 1.